The molecule has 1 N–H and O–H groups in total. The van der Waals surface area contributed by atoms with Crippen molar-refractivity contribution in [2.45, 2.75) is 0 Å². The first kappa shape index (κ1) is 30.4. The second-order valence-corrected chi connectivity index (χ2v) is 10.5. The van der Waals surface area contributed by atoms with E-state index in [0.29, 0.717) is 50.8 Å². The average Bonchev–Trinajstić information content (AvgIpc) is 3.12. The van der Waals surface area contributed by atoms with Gasteiger partial charge in [0, 0.05) is 33.4 Å². The SMILES string of the molecule is O=C(O)c1cccc(C(=O)c2ccc(Oc3ccc(C(=O)c4cccc(C(=O)c5ccc(Oc6ccccc6)cc5)c4)cc3)cc2)c1. The van der Waals surface area contributed by atoms with E-state index in [0.717, 1.165) is 0 Å². The highest BCUT2D eigenvalue weighted by Crippen LogP contribution is 2.25. The number of carbonyl (C=O) groups excluding carboxylic acids is 3. The maximum absolute atomic E-state index is 13.3. The van der Waals surface area contributed by atoms with Crippen LogP contribution in [-0.4, -0.2) is 28.4 Å². The Morgan fingerprint density at radius 2 is 0.660 bits per heavy atom. The summed E-state index contributed by atoms with van der Waals surface area (Å²) in [7, 11) is 0. The predicted molar refractivity (Wildman–Crippen MR) is 176 cm³/mol. The monoisotopic (exact) mass is 618 g/mol. The molecular weight excluding hydrogens is 592 g/mol. The van der Waals surface area contributed by atoms with Crippen LogP contribution in [0.5, 0.6) is 23.0 Å². The Labute approximate surface area is 270 Å². The van der Waals surface area contributed by atoms with Gasteiger partial charge in [0.15, 0.2) is 17.3 Å². The number of benzene rings is 6. The average molecular weight is 619 g/mol. The van der Waals surface area contributed by atoms with E-state index in [4.69, 9.17) is 9.47 Å². The normalized spacial score (nSPS) is 10.6. The van der Waals surface area contributed by atoms with Gasteiger partial charge in [-0.1, -0.05) is 48.5 Å². The molecule has 6 rings (SSSR count). The van der Waals surface area contributed by atoms with Crippen molar-refractivity contribution in [2.24, 2.45) is 0 Å². The van der Waals surface area contributed by atoms with Gasteiger partial charge >= 0.3 is 5.97 Å². The number of carbonyl (C=O) groups is 4. The van der Waals surface area contributed by atoms with Gasteiger partial charge in [-0.25, -0.2) is 4.79 Å². The van der Waals surface area contributed by atoms with E-state index in [1.165, 1.54) is 18.2 Å². The minimum atomic E-state index is -1.10. The summed E-state index contributed by atoms with van der Waals surface area (Å²) in [5.41, 5.74) is 2.37. The molecule has 0 amide bonds. The summed E-state index contributed by atoms with van der Waals surface area (Å²) in [5, 5.41) is 9.19. The lowest BCUT2D eigenvalue weighted by atomic mass is 9.97. The lowest BCUT2D eigenvalue weighted by molar-refractivity contribution is 0.0696. The zero-order chi connectivity index (χ0) is 32.8. The first-order valence-corrected chi connectivity index (χ1v) is 14.6. The Morgan fingerprint density at radius 3 is 1.02 bits per heavy atom. The van der Waals surface area contributed by atoms with Gasteiger partial charge in [0.05, 0.1) is 5.56 Å². The highest BCUT2D eigenvalue weighted by atomic mass is 16.5. The molecule has 0 radical (unpaired) electrons. The van der Waals surface area contributed by atoms with Crippen LogP contribution in [0, 0.1) is 0 Å². The van der Waals surface area contributed by atoms with E-state index in [9.17, 15) is 24.3 Å². The molecular formula is C40H26O7. The van der Waals surface area contributed by atoms with Crippen LogP contribution < -0.4 is 9.47 Å². The van der Waals surface area contributed by atoms with Gasteiger partial charge in [-0.05, 0) is 103 Å². The van der Waals surface area contributed by atoms with Crippen molar-refractivity contribution >= 4 is 23.3 Å². The van der Waals surface area contributed by atoms with Crippen LogP contribution in [0.1, 0.15) is 58.1 Å². The number of carboxylic acids is 1. The highest BCUT2D eigenvalue weighted by Gasteiger charge is 2.15. The molecule has 6 aromatic rings. The Bertz CT molecular complexity index is 2080. The molecule has 228 valence electrons. The maximum atomic E-state index is 13.3. The summed E-state index contributed by atoms with van der Waals surface area (Å²) < 4.78 is 11.7. The van der Waals surface area contributed by atoms with E-state index in [2.05, 4.69) is 0 Å². The molecule has 0 spiro atoms. The van der Waals surface area contributed by atoms with Crippen molar-refractivity contribution in [3.8, 4) is 23.0 Å². The fraction of sp³-hybridized carbons (Fsp3) is 0. The lowest BCUT2D eigenvalue weighted by Crippen LogP contribution is -2.06. The largest absolute Gasteiger partial charge is 0.478 e. The number of ether oxygens (including phenoxy) is 2. The van der Waals surface area contributed by atoms with Crippen molar-refractivity contribution in [1.82, 2.24) is 0 Å². The van der Waals surface area contributed by atoms with Crippen molar-refractivity contribution in [2.75, 3.05) is 0 Å². The third-order valence-corrected chi connectivity index (χ3v) is 7.32. The quantitative estimate of drug-likeness (QED) is 0.145. The number of aromatic carboxylic acids is 1. The summed E-state index contributed by atoms with van der Waals surface area (Å²) in [6, 6.07) is 41.8. The number of hydrogen-bond donors (Lipinski definition) is 1. The molecule has 0 saturated heterocycles. The summed E-state index contributed by atoms with van der Waals surface area (Å²) in [6.45, 7) is 0. The van der Waals surface area contributed by atoms with Gasteiger partial charge in [0.1, 0.15) is 23.0 Å². The molecule has 6 aromatic carbocycles. The molecule has 7 nitrogen and oxygen atoms in total. The second-order valence-electron chi connectivity index (χ2n) is 10.5. The predicted octanol–water partition coefficient (Wildman–Crippen LogP) is 8.66. The van der Waals surface area contributed by atoms with E-state index in [-0.39, 0.29) is 28.5 Å². The van der Waals surface area contributed by atoms with Gasteiger partial charge in [-0.3, -0.25) is 14.4 Å². The Morgan fingerprint density at radius 1 is 0.340 bits per heavy atom. The Balaban J connectivity index is 1.09. The van der Waals surface area contributed by atoms with Crippen molar-refractivity contribution in [3.05, 3.63) is 191 Å². The van der Waals surface area contributed by atoms with Crippen LogP contribution in [0.25, 0.3) is 0 Å². The number of carboxylic acid groups (broad SMARTS) is 1. The Kier molecular flexibility index (Phi) is 8.79. The van der Waals surface area contributed by atoms with E-state index >= 15 is 0 Å². The molecule has 7 heteroatoms. The van der Waals surface area contributed by atoms with Crippen LogP contribution in [0.3, 0.4) is 0 Å². The molecule has 0 aromatic heterocycles. The van der Waals surface area contributed by atoms with E-state index in [1.807, 2.05) is 30.3 Å². The van der Waals surface area contributed by atoms with Gasteiger partial charge in [0.2, 0.25) is 0 Å². The molecule has 47 heavy (non-hydrogen) atoms. The van der Waals surface area contributed by atoms with Crippen molar-refractivity contribution in [1.29, 1.82) is 0 Å². The molecule has 0 fully saturated rings. The molecule has 0 unspecified atom stereocenters. The van der Waals surface area contributed by atoms with Crippen LogP contribution >= 0.6 is 0 Å². The summed E-state index contributed by atoms with van der Waals surface area (Å²) in [6.07, 6.45) is 0. The minimum absolute atomic E-state index is 0.0374. The van der Waals surface area contributed by atoms with Crippen LogP contribution in [-0.2, 0) is 0 Å². The molecule has 0 bridgehead atoms. The topological polar surface area (TPSA) is 107 Å². The third kappa shape index (κ3) is 7.21. The zero-order valence-corrected chi connectivity index (χ0v) is 24.8. The van der Waals surface area contributed by atoms with Crippen molar-refractivity contribution < 1.29 is 33.8 Å². The standard InChI is InChI=1S/C40H26O7/c41-37(26-12-18-34(19-13-26)46-33-10-2-1-3-11-33)29-6-4-7-30(24-29)38(42)27-14-20-35(21-15-27)47-36-22-16-28(17-23-36)39(43)31-8-5-9-32(25-31)40(44)45/h1-25H,(H,44,45). The lowest BCUT2D eigenvalue weighted by Gasteiger charge is -2.09. The molecule has 0 aliphatic heterocycles. The number of ketones is 3. The van der Waals surface area contributed by atoms with Gasteiger partial charge in [0.25, 0.3) is 0 Å². The first-order chi connectivity index (χ1) is 22.8. The van der Waals surface area contributed by atoms with E-state index < -0.39 is 5.97 Å². The van der Waals surface area contributed by atoms with Crippen molar-refractivity contribution in [3.63, 3.8) is 0 Å². The third-order valence-electron chi connectivity index (χ3n) is 7.32. The fourth-order valence-electron chi connectivity index (χ4n) is 4.88. The fourth-order valence-corrected chi connectivity index (χ4v) is 4.88. The highest BCUT2D eigenvalue weighted by molar-refractivity contribution is 6.13. The molecule has 0 saturated carbocycles. The minimum Gasteiger partial charge on any atom is -0.478 e. The number of hydrogen-bond acceptors (Lipinski definition) is 6. The van der Waals surface area contributed by atoms with Gasteiger partial charge in [-0.2, -0.15) is 0 Å². The molecule has 0 aliphatic rings. The first-order valence-electron chi connectivity index (χ1n) is 14.6. The van der Waals surface area contributed by atoms with Gasteiger partial charge in [-0.15, -0.1) is 0 Å². The summed E-state index contributed by atoms with van der Waals surface area (Å²) >= 11 is 0. The van der Waals surface area contributed by atoms with E-state index in [1.54, 1.807) is 103 Å². The van der Waals surface area contributed by atoms with Crippen LogP contribution in [0.2, 0.25) is 0 Å². The Hall–Kier alpha value is -6.60. The van der Waals surface area contributed by atoms with Gasteiger partial charge < -0.3 is 14.6 Å². The zero-order valence-electron chi connectivity index (χ0n) is 24.8. The van der Waals surface area contributed by atoms with Crippen LogP contribution in [0.4, 0.5) is 0 Å². The number of rotatable bonds is 11. The second kappa shape index (κ2) is 13.6. The van der Waals surface area contributed by atoms with Crippen LogP contribution in [0.15, 0.2) is 152 Å². The molecule has 0 atom stereocenters. The summed E-state index contributed by atoms with van der Waals surface area (Å²) in [5.74, 6) is 0.403. The molecule has 0 aliphatic carbocycles. The summed E-state index contributed by atoms with van der Waals surface area (Å²) in [4.78, 5) is 50.5. The molecule has 0 heterocycles. The number of para-hydroxylation sites is 1. The smallest absolute Gasteiger partial charge is 0.335 e. The maximum Gasteiger partial charge on any atom is 0.335 e.